The zero-order chi connectivity index (χ0) is 18.9. The van der Waals surface area contributed by atoms with Crippen LogP contribution in [0.1, 0.15) is 30.5 Å². The molecule has 0 saturated carbocycles. The Balaban J connectivity index is 2.18. The first-order valence-corrected chi connectivity index (χ1v) is 8.91. The monoisotopic (exact) mass is 374 g/mol. The molecule has 2 rings (SSSR count). The number of carbonyl (C=O) groups excluding carboxylic acids is 1. The smallest absolute Gasteiger partial charge is 0.317 e. The molecule has 0 heterocycles. The van der Waals surface area contributed by atoms with E-state index < -0.39 is 5.97 Å². The highest BCUT2D eigenvalue weighted by molar-refractivity contribution is 6.30. The molecule has 2 aromatic carbocycles. The van der Waals surface area contributed by atoms with Gasteiger partial charge in [-0.15, -0.1) is 0 Å². The summed E-state index contributed by atoms with van der Waals surface area (Å²) in [6.07, 6.45) is 0.775. The van der Waals surface area contributed by atoms with E-state index in [1.54, 1.807) is 11.0 Å². The van der Waals surface area contributed by atoms with Crippen molar-refractivity contribution in [2.45, 2.75) is 19.4 Å². The van der Waals surface area contributed by atoms with E-state index in [0.717, 1.165) is 17.5 Å². The summed E-state index contributed by atoms with van der Waals surface area (Å²) in [5.41, 5.74) is 1.81. The summed E-state index contributed by atoms with van der Waals surface area (Å²) in [4.78, 5) is 25.2. The molecule has 0 radical (unpaired) electrons. The summed E-state index contributed by atoms with van der Waals surface area (Å²) in [6, 6.07) is 16.6. The zero-order valence-electron chi connectivity index (χ0n) is 14.7. The third-order valence-corrected chi connectivity index (χ3v) is 4.12. The fourth-order valence-corrected chi connectivity index (χ4v) is 3.02. The molecule has 138 valence electrons. The van der Waals surface area contributed by atoms with Crippen molar-refractivity contribution in [2.75, 3.05) is 19.6 Å². The molecular formula is C20H23ClN2O3. The Morgan fingerprint density at radius 3 is 2.38 bits per heavy atom. The summed E-state index contributed by atoms with van der Waals surface area (Å²) < 4.78 is 0. The average molecular weight is 375 g/mol. The van der Waals surface area contributed by atoms with Crippen LogP contribution >= 0.6 is 11.6 Å². The molecule has 0 aromatic heterocycles. The number of carboxylic acids is 1. The molecule has 26 heavy (non-hydrogen) atoms. The lowest BCUT2D eigenvalue weighted by molar-refractivity contribution is -0.138. The van der Waals surface area contributed by atoms with Crippen LogP contribution in [0.25, 0.3) is 0 Å². The molecule has 0 saturated heterocycles. The molecule has 0 aliphatic rings. The van der Waals surface area contributed by atoms with Crippen molar-refractivity contribution >= 4 is 23.5 Å². The fourth-order valence-electron chi connectivity index (χ4n) is 2.82. The predicted molar refractivity (Wildman–Crippen MR) is 102 cm³/mol. The highest BCUT2D eigenvalue weighted by atomic mass is 35.5. The van der Waals surface area contributed by atoms with Gasteiger partial charge in [-0.25, -0.2) is 0 Å². The van der Waals surface area contributed by atoms with Gasteiger partial charge in [-0.1, -0.05) is 61.0 Å². The number of hydrogen-bond donors (Lipinski definition) is 2. The van der Waals surface area contributed by atoms with Gasteiger partial charge in [0.05, 0.1) is 19.1 Å². The molecule has 6 heteroatoms. The van der Waals surface area contributed by atoms with Crippen LogP contribution in [-0.4, -0.2) is 41.5 Å². The van der Waals surface area contributed by atoms with Gasteiger partial charge in [-0.2, -0.15) is 0 Å². The fraction of sp³-hybridized carbons (Fsp3) is 0.300. The molecule has 0 aliphatic heterocycles. The Bertz CT molecular complexity index is 737. The Kier molecular flexibility index (Phi) is 7.63. The lowest BCUT2D eigenvalue weighted by Crippen LogP contribution is -2.41. The highest BCUT2D eigenvalue weighted by Crippen LogP contribution is 2.24. The van der Waals surface area contributed by atoms with E-state index in [9.17, 15) is 9.59 Å². The highest BCUT2D eigenvalue weighted by Gasteiger charge is 2.19. The van der Waals surface area contributed by atoms with Crippen LogP contribution < -0.4 is 5.32 Å². The molecule has 0 bridgehead atoms. The molecule has 5 nitrogen and oxygen atoms in total. The van der Waals surface area contributed by atoms with E-state index >= 15 is 0 Å². The number of aliphatic carboxylic acids is 1. The number of benzene rings is 2. The third kappa shape index (κ3) is 6.17. The Morgan fingerprint density at radius 2 is 1.77 bits per heavy atom. The minimum atomic E-state index is -0.944. The maximum absolute atomic E-state index is 12.6. The van der Waals surface area contributed by atoms with E-state index in [-0.39, 0.29) is 25.0 Å². The first-order valence-electron chi connectivity index (χ1n) is 8.53. The lowest BCUT2D eigenvalue weighted by atomic mass is 9.98. The molecule has 0 aliphatic carbocycles. The summed E-state index contributed by atoms with van der Waals surface area (Å²) in [7, 11) is 0. The van der Waals surface area contributed by atoms with Gasteiger partial charge in [0, 0.05) is 5.02 Å². The van der Waals surface area contributed by atoms with Crippen molar-refractivity contribution in [1.29, 1.82) is 0 Å². The average Bonchev–Trinajstić information content (AvgIpc) is 2.60. The number of carbonyl (C=O) groups is 2. The molecule has 0 spiro atoms. The van der Waals surface area contributed by atoms with E-state index in [1.165, 1.54) is 0 Å². The predicted octanol–water partition coefficient (Wildman–Crippen LogP) is 3.34. The molecule has 2 aromatic rings. The SMILES string of the molecule is CCCN(CC(=O)O)CC(=O)NC(c1ccccc1)c1cccc(Cl)c1. The first kappa shape index (κ1) is 19.9. The first-order chi connectivity index (χ1) is 12.5. The van der Waals surface area contributed by atoms with Gasteiger partial charge in [0.2, 0.25) is 5.91 Å². The lowest BCUT2D eigenvalue weighted by Gasteiger charge is -2.23. The van der Waals surface area contributed by atoms with Gasteiger partial charge in [-0.3, -0.25) is 14.5 Å². The van der Waals surface area contributed by atoms with Crippen LogP contribution in [-0.2, 0) is 9.59 Å². The Labute approximate surface area is 158 Å². The van der Waals surface area contributed by atoms with Crippen LogP contribution in [0, 0.1) is 0 Å². The quantitative estimate of drug-likeness (QED) is 0.706. The van der Waals surface area contributed by atoms with Crippen LogP contribution in [0.3, 0.4) is 0 Å². The van der Waals surface area contributed by atoms with E-state index in [1.807, 2.05) is 55.5 Å². The van der Waals surface area contributed by atoms with Gasteiger partial charge in [0.1, 0.15) is 0 Å². The van der Waals surface area contributed by atoms with E-state index in [4.69, 9.17) is 16.7 Å². The van der Waals surface area contributed by atoms with Crippen molar-refractivity contribution < 1.29 is 14.7 Å². The number of hydrogen-bond acceptors (Lipinski definition) is 3. The molecule has 1 atom stereocenters. The Hall–Kier alpha value is -2.37. The summed E-state index contributed by atoms with van der Waals surface area (Å²) in [6.45, 7) is 2.37. The number of carboxylic acid groups (broad SMARTS) is 1. The van der Waals surface area contributed by atoms with Gasteiger partial charge in [0.15, 0.2) is 0 Å². The maximum Gasteiger partial charge on any atom is 0.317 e. The van der Waals surface area contributed by atoms with E-state index in [2.05, 4.69) is 5.32 Å². The zero-order valence-corrected chi connectivity index (χ0v) is 15.4. The van der Waals surface area contributed by atoms with Crippen molar-refractivity contribution in [3.05, 3.63) is 70.7 Å². The van der Waals surface area contributed by atoms with Crippen LogP contribution in [0.5, 0.6) is 0 Å². The number of nitrogens with one attached hydrogen (secondary N) is 1. The number of halogens is 1. The van der Waals surface area contributed by atoms with Gasteiger partial charge < -0.3 is 10.4 Å². The molecule has 2 N–H and O–H groups in total. The normalized spacial score (nSPS) is 12.0. The van der Waals surface area contributed by atoms with Crippen molar-refractivity contribution in [1.82, 2.24) is 10.2 Å². The standard InChI is InChI=1S/C20H23ClN2O3/c1-2-11-23(14-19(25)26)13-18(24)22-20(15-7-4-3-5-8-15)16-9-6-10-17(21)12-16/h3-10,12,20H,2,11,13-14H2,1H3,(H,22,24)(H,25,26). The molecule has 1 amide bonds. The largest absolute Gasteiger partial charge is 0.480 e. The summed E-state index contributed by atoms with van der Waals surface area (Å²) in [5.74, 6) is -1.17. The van der Waals surface area contributed by atoms with Gasteiger partial charge in [-0.05, 0) is 36.2 Å². The second-order valence-electron chi connectivity index (χ2n) is 6.07. The van der Waals surface area contributed by atoms with Gasteiger partial charge in [0.25, 0.3) is 0 Å². The molecule has 0 fully saturated rings. The number of nitrogens with zero attached hydrogens (tertiary/aromatic N) is 1. The minimum Gasteiger partial charge on any atom is -0.480 e. The van der Waals surface area contributed by atoms with Crippen LogP contribution in [0.2, 0.25) is 5.02 Å². The summed E-state index contributed by atoms with van der Waals surface area (Å²) in [5, 5.41) is 12.6. The summed E-state index contributed by atoms with van der Waals surface area (Å²) >= 11 is 6.11. The van der Waals surface area contributed by atoms with Crippen LogP contribution in [0.15, 0.2) is 54.6 Å². The van der Waals surface area contributed by atoms with Crippen LogP contribution in [0.4, 0.5) is 0 Å². The minimum absolute atomic E-state index is 0.0318. The molecule has 1 unspecified atom stereocenters. The Morgan fingerprint density at radius 1 is 1.08 bits per heavy atom. The van der Waals surface area contributed by atoms with Gasteiger partial charge >= 0.3 is 5.97 Å². The number of rotatable bonds is 9. The van der Waals surface area contributed by atoms with Crippen molar-refractivity contribution in [3.63, 3.8) is 0 Å². The maximum atomic E-state index is 12.6. The van der Waals surface area contributed by atoms with E-state index in [0.29, 0.717) is 11.6 Å². The topological polar surface area (TPSA) is 69.6 Å². The molecular weight excluding hydrogens is 352 g/mol. The second-order valence-corrected chi connectivity index (χ2v) is 6.51. The van der Waals surface area contributed by atoms with Crippen molar-refractivity contribution in [2.24, 2.45) is 0 Å². The number of amides is 1. The second kappa shape index (κ2) is 9.94. The third-order valence-electron chi connectivity index (χ3n) is 3.89. The van der Waals surface area contributed by atoms with Crippen molar-refractivity contribution in [3.8, 4) is 0 Å².